The predicted octanol–water partition coefficient (Wildman–Crippen LogP) is 4.78. The summed E-state index contributed by atoms with van der Waals surface area (Å²) in [6, 6.07) is 12.8. The number of aromatic nitrogens is 3. The van der Waals surface area contributed by atoms with Crippen LogP contribution in [0.5, 0.6) is 0 Å². The van der Waals surface area contributed by atoms with E-state index in [2.05, 4.69) is 77.5 Å². The van der Waals surface area contributed by atoms with E-state index in [1.54, 1.807) is 0 Å². The number of hydrogen-bond acceptors (Lipinski definition) is 5. The molecule has 0 unspecified atom stereocenters. The number of aliphatic imine (C=N–C) groups is 1. The van der Waals surface area contributed by atoms with Gasteiger partial charge in [0.1, 0.15) is 11.9 Å². The van der Waals surface area contributed by atoms with Crippen LogP contribution >= 0.6 is 11.8 Å². The van der Waals surface area contributed by atoms with Crippen LogP contribution in [0.15, 0.2) is 53.8 Å². The summed E-state index contributed by atoms with van der Waals surface area (Å²) in [6.07, 6.45) is 3.80. The van der Waals surface area contributed by atoms with Crippen LogP contribution in [-0.4, -0.2) is 36.4 Å². The maximum Gasteiger partial charge on any atom is 0.160 e. The lowest BCUT2D eigenvalue weighted by atomic mass is 9.96. The molecule has 0 amide bonds. The molecule has 3 atom stereocenters. The fourth-order valence-electron chi connectivity index (χ4n) is 4.49. The summed E-state index contributed by atoms with van der Waals surface area (Å²) in [5.41, 5.74) is 5.94. The van der Waals surface area contributed by atoms with Crippen LogP contribution in [0.4, 0.5) is 0 Å². The third kappa shape index (κ3) is 3.06. The van der Waals surface area contributed by atoms with E-state index in [0.29, 0.717) is 5.25 Å². The van der Waals surface area contributed by atoms with Gasteiger partial charge < -0.3 is 9.47 Å². The highest BCUT2D eigenvalue weighted by Gasteiger charge is 2.44. The number of hydrogen-bond donors (Lipinski definition) is 0. The molecule has 3 aromatic heterocycles. The Bertz CT molecular complexity index is 1070. The lowest BCUT2D eigenvalue weighted by Gasteiger charge is -2.27. The quantitative estimate of drug-likeness (QED) is 0.631. The summed E-state index contributed by atoms with van der Waals surface area (Å²) in [6.45, 7) is 9.72. The minimum absolute atomic E-state index is 0.0196. The SMILES string of the molecule is Cc1ccc(-n2c(C)cc([C@@H]3[C@H](c4ccccn4)N=C4S[C@@H](C)CN43)c2C)nc1. The summed E-state index contributed by atoms with van der Waals surface area (Å²) in [4.78, 5) is 16.9. The molecule has 0 saturated carbocycles. The molecule has 0 aromatic carbocycles. The van der Waals surface area contributed by atoms with Crippen molar-refractivity contribution in [3.8, 4) is 5.82 Å². The molecule has 29 heavy (non-hydrogen) atoms. The van der Waals surface area contributed by atoms with Gasteiger partial charge in [0.05, 0.1) is 11.7 Å². The predicted molar refractivity (Wildman–Crippen MR) is 119 cm³/mol. The number of nitrogens with zero attached hydrogens (tertiary/aromatic N) is 5. The molecule has 0 spiro atoms. The van der Waals surface area contributed by atoms with E-state index in [9.17, 15) is 0 Å². The van der Waals surface area contributed by atoms with Gasteiger partial charge in [-0.2, -0.15) is 0 Å². The van der Waals surface area contributed by atoms with Gasteiger partial charge in [-0.05, 0) is 56.2 Å². The summed E-state index contributed by atoms with van der Waals surface area (Å²) < 4.78 is 2.26. The number of aryl methyl sites for hydroxylation is 2. The second-order valence-corrected chi connectivity index (χ2v) is 9.40. The maximum atomic E-state index is 5.11. The number of pyridine rings is 2. The van der Waals surface area contributed by atoms with Crippen molar-refractivity contribution in [2.24, 2.45) is 4.99 Å². The number of fused-ring (bicyclic) bond motifs is 1. The number of rotatable bonds is 3. The molecule has 1 saturated heterocycles. The Morgan fingerprint density at radius 1 is 1.07 bits per heavy atom. The first-order valence-corrected chi connectivity index (χ1v) is 10.9. The van der Waals surface area contributed by atoms with Gasteiger partial charge in [0, 0.05) is 35.6 Å². The standard InChI is InChI=1S/C23H25N5S/c1-14-8-9-20(25-12-14)28-15(2)11-18(17(28)4)22-21(19-7-5-6-10-24-19)26-23-27(22)13-16(3)29-23/h5-12,16,21-22H,13H2,1-4H3/t16-,21-,22+/m0/s1. The Morgan fingerprint density at radius 3 is 2.66 bits per heavy atom. The zero-order valence-corrected chi connectivity index (χ0v) is 18.0. The third-order valence-corrected chi connectivity index (χ3v) is 6.90. The smallest absolute Gasteiger partial charge is 0.160 e. The van der Waals surface area contributed by atoms with Gasteiger partial charge in [0.15, 0.2) is 5.17 Å². The van der Waals surface area contributed by atoms with E-state index < -0.39 is 0 Å². The van der Waals surface area contributed by atoms with E-state index in [1.165, 1.54) is 22.5 Å². The molecule has 0 bridgehead atoms. The van der Waals surface area contributed by atoms with Crippen molar-refractivity contribution >= 4 is 16.9 Å². The first-order chi connectivity index (χ1) is 14.0. The maximum absolute atomic E-state index is 5.11. The van der Waals surface area contributed by atoms with Crippen molar-refractivity contribution in [1.29, 1.82) is 0 Å². The molecule has 2 aliphatic heterocycles. The Hall–Kier alpha value is -2.60. The van der Waals surface area contributed by atoms with E-state index in [0.717, 1.165) is 23.2 Å². The van der Waals surface area contributed by atoms with E-state index >= 15 is 0 Å². The van der Waals surface area contributed by atoms with Crippen LogP contribution in [0.25, 0.3) is 5.82 Å². The monoisotopic (exact) mass is 403 g/mol. The van der Waals surface area contributed by atoms with Crippen LogP contribution in [0.2, 0.25) is 0 Å². The van der Waals surface area contributed by atoms with Crippen LogP contribution in [0, 0.1) is 20.8 Å². The first kappa shape index (κ1) is 18.4. The second-order valence-electron chi connectivity index (χ2n) is 7.99. The minimum Gasteiger partial charge on any atom is -0.341 e. The summed E-state index contributed by atoms with van der Waals surface area (Å²) in [7, 11) is 0. The first-order valence-electron chi connectivity index (χ1n) is 10.1. The van der Waals surface area contributed by atoms with Crippen molar-refractivity contribution < 1.29 is 0 Å². The molecule has 0 N–H and O–H groups in total. The summed E-state index contributed by atoms with van der Waals surface area (Å²) in [5, 5.41) is 1.71. The second kappa shape index (κ2) is 7.02. The van der Waals surface area contributed by atoms with Crippen molar-refractivity contribution in [2.45, 2.75) is 45.0 Å². The van der Waals surface area contributed by atoms with Gasteiger partial charge in [0.25, 0.3) is 0 Å². The number of amidine groups is 1. The molecular weight excluding hydrogens is 378 g/mol. The highest BCUT2D eigenvalue weighted by Crippen LogP contribution is 2.48. The van der Waals surface area contributed by atoms with Crippen LogP contribution in [-0.2, 0) is 0 Å². The van der Waals surface area contributed by atoms with Crippen LogP contribution in [0.1, 0.15) is 47.2 Å². The van der Waals surface area contributed by atoms with Gasteiger partial charge in [-0.15, -0.1) is 0 Å². The third-order valence-electron chi connectivity index (χ3n) is 5.80. The summed E-state index contributed by atoms with van der Waals surface area (Å²) >= 11 is 1.88. The zero-order valence-electron chi connectivity index (χ0n) is 17.2. The molecule has 148 valence electrons. The fraction of sp³-hybridized carbons (Fsp3) is 0.348. The van der Waals surface area contributed by atoms with E-state index in [-0.39, 0.29) is 12.1 Å². The Kier molecular flexibility index (Phi) is 4.46. The fourth-order valence-corrected chi connectivity index (χ4v) is 5.58. The molecule has 1 fully saturated rings. The van der Waals surface area contributed by atoms with Gasteiger partial charge in [-0.25, -0.2) is 4.98 Å². The lowest BCUT2D eigenvalue weighted by molar-refractivity contribution is 0.320. The van der Waals surface area contributed by atoms with Gasteiger partial charge >= 0.3 is 0 Å². The Balaban J connectivity index is 1.62. The molecular formula is C23H25N5S. The van der Waals surface area contributed by atoms with E-state index in [4.69, 9.17) is 4.99 Å². The van der Waals surface area contributed by atoms with Crippen molar-refractivity contribution in [3.63, 3.8) is 0 Å². The molecule has 2 aliphatic rings. The van der Waals surface area contributed by atoms with Crippen LogP contribution < -0.4 is 0 Å². The molecule has 0 radical (unpaired) electrons. The summed E-state index contributed by atoms with van der Waals surface area (Å²) in [5.74, 6) is 0.967. The van der Waals surface area contributed by atoms with Gasteiger partial charge in [-0.1, -0.05) is 30.8 Å². The highest BCUT2D eigenvalue weighted by molar-refractivity contribution is 8.14. The average Bonchev–Trinajstić information content (AvgIpc) is 3.33. The zero-order chi connectivity index (χ0) is 20.1. The van der Waals surface area contributed by atoms with Crippen molar-refractivity contribution in [2.75, 3.05) is 6.54 Å². The van der Waals surface area contributed by atoms with Crippen molar-refractivity contribution in [3.05, 3.63) is 77.0 Å². The van der Waals surface area contributed by atoms with Crippen molar-refractivity contribution in [1.82, 2.24) is 19.4 Å². The normalized spacial score (nSPS) is 23.4. The Morgan fingerprint density at radius 2 is 1.93 bits per heavy atom. The topological polar surface area (TPSA) is 46.3 Å². The Labute approximate surface area is 175 Å². The minimum atomic E-state index is 0.0196. The molecule has 3 aromatic rings. The largest absolute Gasteiger partial charge is 0.341 e. The van der Waals surface area contributed by atoms with E-state index in [1.807, 2.05) is 30.2 Å². The number of thioether (sulfide) groups is 1. The molecule has 5 nitrogen and oxygen atoms in total. The highest BCUT2D eigenvalue weighted by atomic mass is 32.2. The molecule has 0 aliphatic carbocycles. The average molecular weight is 404 g/mol. The van der Waals surface area contributed by atoms with Gasteiger partial charge in [0.2, 0.25) is 0 Å². The lowest BCUT2D eigenvalue weighted by Crippen LogP contribution is -2.28. The van der Waals surface area contributed by atoms with Crippen LogP contribution in [0.3, 0.4) is 0 Å². The van der Waals surface area contributed by atoms with Gasteiger partial charge in [-0.3, -0.25) is 9.98 Å². The molecule has 5 heterocycles. The molecule has 5 rings (SSSR count). The molecule has 6 heteroatoms.